The van der Waals surface area contributed by atoms with E-state index in [1.165, 1.54) is 0 Å². The number of nitrogens with two attached hydrogens (primary N) is 1. The van der Waals surface area contributed by atoms with Crippen LogP contribution in [0.1, 0.15) is 18.9 Å². The molecule has 0 unspecified atom stereocenters. The zero-order chi connectivity index (χ0) is 9.52. The van der Waals surface area contributed by atoms with Crippen molar-refractivity contribution in [1.82, 2.24) is 15.6 Å². The van der Waals surface area contributed by atoms with E-state index in [1.54, 1.807) is 18.5 Å². The lowest BCUT2D eigenvalue weighted by Crippen LogP contribution is -2.31. The average Bonchev–Trinajstić information content (AvgIpc) is 2.21. The summed E-state index contributed by atoms with van der Waals surface area (Å²) in [6, 6.07) is 1.81. The van der Waals surface area contributed by atoms with E-state index in [4.69, 9.17) is 5.84 Å². The highest BCUT2D eigenvalue weighted by Gasteiger charge is 1.99. The number of rotatable bonds is 3. The van der Waals surface area contributed by atoms with Crippen LogP contribution in [0.4, 0.5) is 0 Å². The van der Waals surface area contributed by atoms with Gasteiger partial charge in [-0.25, -0.2) is 5.84 Å². The summed E-state index contributed by atoms with van der Waals surface area (Å²) in [7, 11) is 0. The van der Waals surface area contributed by atoms with E-state index in [1.807, 2.05) is 0 Å². The number of hydrogen-bond donors (Lipinski definition) is 2. The van der Waals surface area contributed by atoms with Crippen molar-refractivity contribution < 1.29 is 0 Å². The topological polar surface area (TPSA) is 76.2 Å². The number of nitrogens with zero attached hydrogens (tertiary/aromatic N) is 3. The summed E-state index contributed by atoms with van der Waals surface area (Å²) >= 11 is 0. The molecule has 0 spiro atoms. The zero-order valence-electron chi connectivity index (χ0n) is 7.57. The van der Waals surface area contributed by atoms with E-state index >= 15 is 0 Å². The van der Waals surface area contributed by atoms with E-state index in [0.717, 1.165) is 18.5 Å². The van der Waals surface area contributed by atoms with E-state index in [9.17, 15) is 0 Å². The summed E-state index contributed by atoms with van der Waals surface area (Å²) in [5, 5.41) is 7.40. The summed E-state index contributed by atoms with van der Waals surface area (Å²) < 4.78 is 0. The monoisotopic (exact) mass is 179 g/mol. The van der Waals surface area contributed by atoms with Crippen LogP contribution in [0.5, 0.6) is 0 Å². The highest BCUT2D eigenvalue weighted by atomic mass is 15.3. The lowest BCUT2D eigenvalue weighted by atomic mass is 10.3. The zero-order valence-corrected chi connectivity index (χ0v) is 7.57. The van der Waals surface area contributed by atoms with Crippen molar-refractivity contribution in [3.8, 4) is 0 Å². The van der Waals surface area contributed by atoms with E-state index in [0.29, 0.717) is 5.84 Å². The first-order valence-corrected chi connectivity index (χ1v) is 4.16. The normalized spacial score (nSPS) is 11.4. The predicted octanol–water partition coefficient (Wildman–Crippen LogP) is 0.0965. The number of hydrazine groups is 1. The van der Waals surface area contributed by atoms with Gasteiger partial charge in [0.05, 0.1) is 12.4 Å². The number of aliphatic imine (C=N–C) groups is 1. The molecule has 5 nitrogen and oxygen atoms in total. The lowest BCUT2D eigenvalue weighted by molar-refractivity contribution is 0.905. The van der Waals surface area contributed by atoms with Gasteiger partial charge in [-0.1, -0.05) is 6.92 Å². The van der Waals surface area contributed by atoms with Crippen molar-refractivity contribution in [2.45, 2.75) is 13.3 Å². The van der Waals surface area contributed by atoms with Crippen LogP contribution in [0.15, 0.2) is 23.5 Å². The highest BCUT2D eigenvalue weighted by molar-refractivity contribution is 5.97. The molecule has 1 heterocycles. The molecule has 13 heavy (non-hydrogen) atoms. The average molecular weight is 179 g/mol. The first-order chi connectivity index (χ1) is 6.38. The Morgan fingerprint density at radius 3 is 3.00 bits per heavy atom. The van der Waals surface area contributed by atoms with Gasteiger partial charge in [0.15, 0.2) is 0 Å². The van der Waals surface area contributed by atoms with Gasteiger partial charge in [-0.15, -0.1) is 0 Å². The fourth-order valence-electron chi connectivity index (χ4n) is 0.875. The maximum absolute atomic E-state index is 5.32. The molecule has 5 heteroatoms. The van der Waals surface area contributed by atoms with Gasteiger partial charge in [-0.2, -0.15) is 10.2 Å². The third-order valence-corrected chi connectivity index (χ3v) is 1.49. The minimum atomic E-state index is 0.650. The Balaban J connectivity index is 2.78. The summed E-state index contributed by atoms with van der Waals surface area (Å²) in [4.78, 5) is 4.24. The van der Waals surface area contributed by atoms with Crippen LogP contribution < -0.4 is 11.3 Å². The van der Waals surface area contributed by atoms with Gasteiger partial charge in [0.2, 0.25) is 0 Å². The quantitative estimate of drug-likeness (QED) is 0.298. The Morgan fingerprint density at radius 1 is 1.62 bits per heavy atom. The van der Waals surface area contributed by atoms with Crippen LogP contribution in [-0.2, 0) is 0 Å². The van der Waals surface area contributed by atoms with Gasteiger partial charge in [0, 0.05) is 12.1 Å². The van der Waals surface area contributed by atoms with Crippen molar-refractivity contribution in [2.24, 2.45) is 10.8 Å². The second kappa shape index (κ2) is 5.21. The molecule has 0 bridgehead atoms. The second-order valence-corrected chi connectivity index (χ2v) is 2.51. The van der Waals surface area contributed by atoms with Gasteiger partial charge in [-0.05, 0) is 12.5 Å². The Morgan fingerprint density at radius 2 is 2.46 bits per heavy atom. The Kier molecular flexibility index (Phi) is 3.84. The molecule has 0 aliphatic rings. The van der Waals surface area contributed by atoms with Crippen LogP contribution in [0.2, 0.25) is 0 Å². The molecule has 0 aliphatic carbocycles. The van der Waals surface area contributed by atoms with Crippen LogP contribution >= 0.6 is 0 Å². The minimum absolute atomic E-state index is 0.650. The fourth-order valence-corrected chi connectivity index (χ4v) is 0.875. The van der Waals surface area contributed by atoms with Crippen LogP contribution in [0.3, 0.4) is 0 Å². The number of hydrogen-bond acceptors (Lipinski definition) is 4. The number of amidine groups is 1. The summed E-state index contributed by atoms with van der Waals surface area (Å²) in [6.07, 6.45) is 4.21. The first kappa shape index (κ1) is 9.60. The molecular formula is C8H13N5. The largest absolute Gasteiger partial charge is 0.308 e. The second-order valence-electron chi connectivity index (χ2n) is 2.51. The molecule has 0 aliphatic heterocycles. The minimum Gasteiger partial charge on any atom is -0.308 e. The third-order valence-electron chi connectivity index (χ3n) is 1.49. The highest BCUT2D eigenvalue weighted by Crippen LogP contribution is 1.94. The Labute approximate surface area is 77.1 Å². The van der Waals surface area contributed by atoms with Crippen molar-refractivity contribution in [2.75, 3.05) is 6.54 Å². The SMILES string of the molecule is CCCN=C(NN)c1ccnnc1. The van der Waals surface area contributed by atoms with Crippen molar-refractivity contribution >= 4 is 5.84 Å². The molecule has 70 valence electrons. The van der Waals surface area contributed by atoms with Crippen molar-refractivity contribution in [3.63, 3.8) is 0 Å². The molecule has 0 radical (unpaired) electrons. The number of aromatic nitrogens is 2. The standard InChI is InChI=1S/C8H13N5/c1-2-4-10-8(13-9)7-3-5-11-12-6-7/h3,5-6H,2,4,9H2,1H3,(H,10,13). The maximum atomic E-state index is 5.32. The van der Waals surface area contributed by atoms with E-state index in [-0.39, 0.29) is 0 Å². The molecule has 3 N–H and O–H groups in total. The van der Waals surface area contributed by atoms with Gasteiger partial charge >= 0.3 is 0 Å². The fraction of sp³-hybridized carbons (Fsp3) is 0.375. The summed E-state index contributed by atoms with van der Waals surface area (Å²) in [5.74, 6) is 5.97. The molecule has 0 aromatic carbocycles. The predicted molar refractivity (Wildman–Crippen MR) is 51.1 cm³/mol. The number of nitrogens with one attached hydrogen (secondary N) is 1. The molecule has 0 fully saturated rings. The Hall–Kier alpha value is -1.49. The van der Waals surface area contributed by atoms with Crippen molar-refractivity contribution in [3.05, 3.63) is 24.0 Å². The van der Waals surface area contributed by atoms with Gasteiger partial charge in [0.25, 0.3) is 0 Å². The van der Waals surface area contributed by atoms with E-state index in [2.05, 4.69) is 27.5 Å². The molecule has 0 atom stereocenters. The van der Waals surface area contributed by atoms with Crippen LogP contribution in [0.25, 0.3) is 0 Å². The first-order valence-electron chi connectivity index (χ1n) is 4.16. The molecule has 1 aromatic heterocycles. The molecule has 0 amide bonds. The summed E-state index contributed by atoms with van der Waals surface area (Å²) in [6.45, 7) is 2.81. The molecule has 1 rings (SSSR count). The van der Waals surface area contributed by atoms with Gasteiger partial charge in [-0.3, -0.25) is 4.99 Å². The van der Waals surface area contributed by atoms with Gasteiger partial charge < -0.3 is 5.43 Å². The maximum Gasteiger partial charge on any atom is 0.144 e. The smallest absolute Gasteiger partial charge is 0.144 e. The Bertz CT molecular complexity index is 269. The molecule has 1 aromatic rings. The molecular weight excluding hydrogens is 166 g/mol. The lowest BCUT2D eigenvalue weighted by Gasteiger charge is -2.03. The van der Waals surface area contributed by atoms with Crippen LogP contribution in [0, 0.1) is 0 Å². The van der Waals surface area contributed by atoms with Crippen molar-refractivity contribution in [1.29, 1.82) is 0 Å². The van der Waals surface area contributed by atoms with Gasteiger partial charge in [0.1, 0.15) is 5.84 Å². The molecule has 0 saturated heterocycles. The summed E-state index contributed by atoms with van der Waals surface area (Å²) in [5.41, 5.74) is 3.39. The van der Waals surface area contributed by atoms with Crippen LogP contribution in [-0.4, -0.2) is 22.6 Å². The molecule has 0 saturated carbocycles. The third kappa shape index (κ3) is 2.79. The van der Waals surface area contributed by atoms with E-state index < -0.39 is 0 Å².